The van der Waals surface area contributed by atoms with Crippen LogP contribution in [0.5, 0.6) is 0 Å². The highest BCUT2D eigenvalue weighted by molar-refractivity contribution is 6.05. The highest BCUT2D eigenvalue weighted by Gasteiger charge is 2.17. The normalized spacial score (nSPS) is 10.1. The van der Waals surface area contributed by atoms with E-state index in [1.165, 1.54) is 36.8 Å². The molecule has 2 aromatic rings. The number of rotatable bonds is 2. The third kappa shape index (κ3) is 2.25. The van der Waals surface area contributed by atoms with Gasteiger partial charge in [-0.05, 0) is 24.3 Å². The molecule has 6 nitrogen and oxygen atoms in total. The van der Waals surface area contributed by atoms with Gasteiger partial charge < -0.3 is 5.73 Å². The first kappa shape index (κ1) is 11.9. The van der Waals surface area contributed by atoms with Crippen molar-refractivity contribution in [1.82, 2.24) is 9.97 Å². The fourth-order valence-electron chi connectivity index (χ4n) is 1.36. The first-order chi connectivity index (χ1) is 8.59. The van der Waals surface area contributed by atoms with Crippen LogP contribution < -0.4 is 16.6 Å². The summed E-state index contributed by atoms with van der Waals surface area (Å²) in [5.41, 5.74) is 6.01. The zero-order chi connectivity index (χ0) is 13.1. The molecule has 0 fully saturated rings. The summed E-state index contributed by atoms with van der Waals surface area (Å²) in [6.07, 6.45) is 2.56. The molecule has 0 unspecified atom stereocenters. The molecule has 1 aromatic carbocycles. The van der Waals surface area contributed by atoms with E-state index in [0.717, 1.165) is 5.01 Å². The van der Waals surface area contributed by atoms with Crippen molar-refractivity contribution < 1.29 is 9.18 Å². The Bertz CT molecular complexity index is 572. The highest BCUT2D eigenvalue weighted by Crippen LogP contribution is 2.17. The van der Waals surface area contributed by atoms with Gasteiger partial charge in [-0.2, -0.15) is 0 Å². The van der Waals surface area contributed by atoms with Gasteiger partial charge in [0, 0.05) is 5.56 Å². The molecule has 0 saturated carbocycles. The molecule has 0 aliphatic heterocycles. The van der Waals surface area contributed by atoms with Crippen LogP contribution in [-0.4, -0.2) is 15.9 Å². The Hall–Kier alpha value is -2.54. The number of nitrogens with two attached hydrogens (primary N) is 2. The van der Waals surface area contributed by atoms with Gasteiger partial charge in [0.2, 0.25) is 0 Å². The van der Waals surface area contributed by atoms with Crippen LogP contribution in [0, 0.1) is 5.82 Å². The maximum atomic E-state index is 12.7. The van der Waals surface area contributed by atoms with Crippen LogP contribution in [0.3, 0.4) is 0 Å². The molecular weight excluding hydrogens is 237 g/mol. The number of carbonyl (C=O) groups is 1. The minimum absolute atomic E-state index is 0.0966. The van der Waals surface area contributed by atoms with Gasteiger partial charge in [0.15, 0.2) is 5.82 Å². The SMILES string of the molecule is Nc1cncnc1N(N)C(=O)c1ccc(F)cc1. The monoisotopic (exact) mass is 247 g/mol. The van der Waals surface area contributed by atoms with E-state index in [4.69, 9.17) is 11.6 Å². The first-order valence-corrected chi connectivity index (χ1v) is 5.00. The van der Waals surface area contributed by atoms with Gasteiger partial charge in [0.25, 0.3) is 5.91 Å². The molecule has 18 heavy (non-hydrogen) atoms. The Morgan fingerprint density at radius 1 is 1.28 bits per heavy atom. The van der Waals surface area contributed by atoms with E-state index >= 15 is 0 Å². The van der Waals surface area contributed by atoms with E-state index in [1.807, 2.05) is 0 Å². The van der Waals surface area contributed by atoms with Crippen LogP contribution in [0.25, 0.3) is 0 Å². The molecule has 0 radical (unpaired) electrons. The molecule has 1 heterocycles. The van der Waals surface area contributed by atoms with Crippen molar-refractivity contribution in [2.24, 2.45) is 5.84 Å². The topological polar surface area (TPSA) is 98.1 Å². The van der Waals surface area contributed by atoms with Crippen LogP contribution in [0.1, 0.15) is 10.4 Å². The molecular formula is C11H10FN5O. The summed E-state index contributed by atoms with van der Waals surface area (Å²) in [5, 5.41) is 0.796. The van der Waals surface area contributed by atoms with E-state index in [2.05, 4.69) is 9.97 Å². The predicted molar refractivity (Wildman–Crippen MR) is 63.8 cm³/mol. The predicted octanol–water partition coefficient (Wildman–Crippen LogP) is 0.718. The molecule has 0 spiro atoms. The van der Waals surface area contributed by atoms with E-state index in [-0.39, 0.29) is 17.1 Å². The van der Waals surface area contributed by atoms with Gasteiger partial charge in [-0.3, -0.25) is 4.79 Å². The molecule has 0 aliphatic carbocycles. The van der Waals surface area contributed by atoms with Gasteiger partial charge in [-0.15, -0.1) is 0 Å². The summed E-state index contributed by atoms with van der Waals surface area (Å²) in [7, 11) is 0. The number of nitrogen functional groups attached to an aromatic ring is 1. The summed E-state index contributed by atoms with van der Waals surface area (Å²) in [4.78, 5) is 19.5. The van der Waals surface area contributed by atoms with E-state index < -0.39 is 11.7 Å². The number of aromatic nitrogens is 2. The first-order valence-electron chi connectivity index (χ1n) is 5.00. The zero-order valence-corrected chi connectivity index (χ0v) is 9.25. The number of hydrogen-bond donors (Lipinski definition) is 2. The molecule has 1 aromatic heterocycles. The van der Waals surface area contributed by atoms with Gasteiger partial charge in [0.05, 0.1) is 11.9 Å². The van der Waals surface area contributed by atoms with E-state index in [9.17, 15) is 9.18 Å². The lowest BCUT2D eigenvalue weighted by Crippen LogP contribution is -2.38. The van der Waals surface area contributed by atoms with Crippen LogP contribution in [0.15, 0.2) is 36.8 Å². The Kier molecular flexibility index (Phi) is 3.16. The third-order valence-electron chi connectivity index (χ3n) is 2.26. The van der Waals surface area contributed by atoms with Crippen molar-refractivity contribution in [2.45, 2.75) is 0 Å². The number of hydrazine groups is 1. The number of carbonyl (C=O) groups excluding carboxylic acids is 1. The second-order valence-corrected chi connectivity index (χ2v) is 3.48. The Labute approximate surface area is 102 Å². The van der Waals surface area contributed by atoms with Gasteiger partial charge >= 0.3 is 0 Å². The molecule has 0 bridgehead atoms. The minimum Gasteiger partial charge on any atom is -0.394 e. The average molecular weight is 247 g/mol. The van der Waals surface area contributed by atoms with Gasteiger partial charge in [0.1, 0.15) is 12.1 Å². The second kappa shape index (κ2) is 4.76. The van der Waals surface area contributed by atoms with Gasteiger partial charge in [-0.25, -0.2) is 25.2 Å². The number of halogens is 1. The summed E-state index contributed by atoms with van der Waals surface area (Å²) >= 11 is 0. The maximum Gasteiger partial charge on any atom is 0.273 e. The van der Waals surface area contributed by atoms with Crippen LogP contribution in [-0.2, 0) is 0 Å². The van der Waals surface area contributed by atoms with Crippen LogP contribution in [0.4, 0.5) is 15.9 Å². The zero-order valence-electron chi connectivity index (χ0n) is 9.25. The quantitative estimate of drug-likeness (QED) is 0.463. The minimum atomic E-state index is -0.541. The smallest absolute Gasteiger partial charge is 0.273 e. The number of nitrogens with zero attached hydrogens (tertiary/aromatic N) is 3. The van der Waals surface area contributed by atoms with Crippen molar-refractivity contribution in [3.63, 3.8) is 0 Å². The standard InChI is InChI=1S/C11H10FN5O/c12-8-3-1-7(2-4-8)11(18)17(14)10-9(13)5-15-6-16-10/h1-6H,13-14H2. The number of amides is 1. The summed E-state index contributed by atoms with van der Waals surface area (Å²) in [5.74, 6) is 4.75. The highest BCUT2D eigenvalue weighted by atomic mass is 19.1. The summed E-state index contributed by atoms with van der Waals surface area (Å²) in [6, 6.07) is 5.00. The lowest BCUT2D eigenvalue weighted by Gasteiger charge is -2.16. The van der Waals surface area contributed by atoms with E-state index in [0.29, 0.717) is 0 Å². The third-order valence-corrected chi connectivity index (χ3v) is 2.26. The van der Waals surface area contributed by atoms with Gasteiger partial charge in [-0.1, -0.05) is 0 Å². The molecule has 7 heteroatoms. The van der Waals surface area contributed by atoms with Crippen molar-refractivity contribution >= 4 is 17.4 Å². The fourth-order valence-corrected chi connectivity index (χ4v) is 1.36. The van der Waals surface area contributed by atoms with Crippen molar-refractivity contribution in [2.75, 3.05) is 10.7 Å². The maximum absolute atomic E-state index is 12.7. The van der Waals surface area contributed by atoms with Crippen molar-refractivity contribution in [3.8, 4) is 0 Å². The molecule has 0 aliphatic rings. The number of hydrogen-bond acceptors (Lipinski definition) is 5. The van der Waals surface area contributed by atoms with Crippen LogP contribution in [0.2, 0.25) is 0 Å². The molecule has 2 rings (SSSR count). The largest absolute Gasteiger partial charge is 0.394 e. The number of benzene rings is 1. The van der Waals surface area contributed by atoms with Crippen LogP contribution >= 0.6 is 0 Å². The Balaban J connectivity index is 2.29. The molecule has 1 amide bonds. The molecule has 4 N–H and O–H groups in total. The fraction of sp³-hybridized carbons (Fsp3) is 0. The van der Waals surface area contributed by atoms with Crippen molar-refractivity contribution in [3.05, 3.63) is 48.2 Å². The lowest BCUT2D eigenvalue weighted by atomic mass is 10.2. The molecule has 92 valence electrons. The van der Waals surface area contributed by atoms with E-state index in [1.54, 1.807) is 0 Å². The Morgan fingerprint density at radius 3 is 2.56 bits per heavy atom. The second-order valence-electron chi connectivity index (χ2n) is 3.48. The van der Waals surface area contributed by atoms with Crippen molar-refractivity contribution in [1.29, 1.82) is 0 Å². The lowest BCUT2D eigenvalue weighted by molar-refractivity contribution is 0.0986. The average Bonchev–Trinajstić information content (AvgIpc) is 2.38. The molecule has 0 saturated heterocycles. The molecule has 0 atom stereocenters. The Morgan fingerprint density at radius 2 is 1.94 bits per heavy atom. The summed E-state index contributed by atoms with van der Waals surface area (Å²) < 4.78 is 12.7. The summed E-state index contributed by atoms with van der Waals surface area (Å²) in [6.45, 7) is 0. The number of anilines is 2.